The van der Waals surface area contributed by atoms with Gasteiger partial charge in [0, 0.05) is 76.8 Å². The first kappa shape index (κ1) is 19.8. The Morgan fingerprint density at radius 1 is 1.08 bits per heavy atom. The van der Waals surface area contributed by atoms with Crippen molar-refractivity contribution in [1.82, 2.24) is 20.0 Å². The topological polar surface area (TPSA) is 51.2 Å². The Balaban J connectivity index is 1.42. The normalized spacial score (nSPS) is 24.8. The summed E-state index contributed by atoms with van der Waals surface area (Å²) in [5, 5.41) is 3.59. The van der Waals surface area contributed by atoms with Gasteiger partial charge in [-0.25, -0.2) is 0 Å². The van der Waals surface area contributed by atoms with E-state index in [0.717, 1.165) is 58.3 Å². The molecule has 0 radical (unpaired) electrons. The largest absolute Gasteiger partial charge is 0.355 e. The molecule has 1 N–H and O–H groups in total. The minimum atomic E-state index is 0.197. The number of nitrogens with one attached hydrogen (secondary N) is 1. The predicted octanol–water partition coefficient (Wildman–Crippen LogP) is 1.48. The number of hydrogen-bond donors (Lipinski definition) is 1. The van der Waals surface area contributed by atoms with Gasteiger partial charge >= 0.3 is 0 Å². The van der Waals surface area contributed by atoms with E-state index in [9.17, 15) is 4.79 Å². The van der Waals surface area contributed by atoms with E-state index >= 15 is 0 Å². The van der Waals surface area contributed by atoms with Gasteiger partial charge < -0.3 is 15.1 Å². The number of carbonyl (C=O) groups is 1. The average Bonchev–Trinajstić information content (AvgIpc) is 2.66. The molecule has 1 amide bonds. The van der Waals surface area contributed by atoms with Crippen LogP contribution in [0.15, 0.2) is 4.99 Å². The summed E-state index contributed by atoms with van der Waals surface area (Å²) in [7, 11) is 1.91. The second-order valence-electron chi connectivity index (χ2n) is 7.84. The number of rotatable bonds is 3. The number of thioether (sulfide) groups is 1. The minimum absolute atomic E-state index is 0.197. The third-order valence-corrected chi connectivity index (χ3v) is 7.59. The molecule has 0 bridgehead atoms. The molecule has 2 saturated heterocycles. The van der Waals surface area contributed by atoms with Gasteiger partial charge in [-0.15, -0.1) is 0 Å². The highest BCUT2D eigenvalue weighted by Gasteiger charge is 2.38. The fraction of sp³-hybridized carbons (Fsp3) is 0.895. The Bertz CT molecular complexity index is 493. The van der Waals surface area contributed by atoms with Gasteiger partial charge in [0.2, 0.25) is 5.91 Å². The first-order chi connectivity index (χ1) is 12.6. The van der Waals surface area contributed by atoms with Crippen molar-refractivity contribution in [3.63, 3.8) is 0 Å². The highest BCUT2D eigenvalue weighted by molar-refractivity contribution is 8.00. The number of guanidine groups is 1. The van der Waals surface area contributed by atoms with Crippen LogP contribution >= 0.6 is 11.8 Å². The molecule has 2 heterocycles. The van der Waals surface area contributed by atoms with Crippen LogP contribution in [0, 0.1) is 0 Å². The van der Waals surface area contributed by atoms with Crippen LogP contribution in [0.25, 0.3) is 0 Å². The van der Waals surface area contributed by atoms with Crippen LogP contribution < -0.4 is 5.32 Å². The molecule has 3 fully saturated rings. The summed E-state index contributed by atoms with van der Waals surface area (Å²) < 4.78 is 0.469. The quantitative estimate of drug-likeness (QED) is 0.593. The molecule has 0 unspecified atom stereocenters. The maximum atomic E-state index is 11.4. The Hall–Kier alpha value is -0.950. The zero-order valence-corrected chi connectivity index (χ0v) is 17.3. The van der Waals surface area contributed by atoms with Crippen molar-refractivity contribution in [3.8, 4) is 0 Å². The lowest BCUT2D eigenvalue weighted by molar-refractivity contribution is -0.130. The first-order valence-electron chi connectivity index (χ1n) is 10.2. The summed E-state index contributed by atoms with van der Waals surface area (Å²) in [6.07, 6.45) is 6.92. The number of piperazine rings is 1. The van der Waals surface area contributed by atoms with Gasteiger partial charge in [-0.2, -0.15) is 11.8 Å². The maximum absolute atomic E-state index is 11.4. The van der Waals surface area contributed by atoms with E-state index in [1.54, 1.807) is 6.92 Å². The Morgan fingerprint density at radius 2 is 1.81 bits per heavy atom. The summed E-state index contributed by atoms with van der Waals surface area (Å²) in [6, 6.07) is 0. The van der Waals surface area contributed by atoms with Gasteiger partial charge in [0.1, 0.15) is 0 Å². The molecule has 1 saturated carbocycles. The highest BCUT2D eigenvalue weighted by atomic mass is 32.2. The van der Waals surface area contributed by atoms with Crippen molar-refractivity contribution in [2.24, 2.45) is 4.99 Å². The first-order valence-corrected chi connectivity index (χ1v) is 11.2. The van der Waals surface area contributed by atoms with Gasteiger partial charge in [0.25, 0.3) is 0 Å². The Labute approximate surface area is 162 Å². The van der Waals surface area contributed by atoms with E-state index in [1.165, 1.54) is 37.9 Å². The number of amides is 1. The molecular weight excluding hydrogens is 346 g/mol. The smallest absolute Gasteiger partial charge is 0.219 e. The Morgan fingerprint density at radius 3 is 2.46 bits per heavy atom. The van der Waals surface area contributed by atoms with E-state index in [2.05, 4.69) is 31.9 Å². The average molecular weight is 382 g/mol. The van der Waals surface area contributed by atoms with Gasteiger partial charge in [0.05, 0.1) is 0 Å². The molecule has 0 atom stereocenters. The fourth-order valence-corrected chi connectivity index (χ4v) is 6.04. The van der Waals surface area contributed by atoms with Gasteiger partial charge in [-0.05, 0) is 12.8 Å². The molecule has 1 aliphatic carbocycles. The van der Waals surface area contributed by atoms with Crippen LogP contribution in [0.3, 0.4) is 0 Å². The third kappa shape index (κ3) is 5.06. The molecule has 1 spiro atoms. The molecule has 148 valence electrons. The summed E-state index contributed by atoms with van der Waals surface area (Å²) in [6.45, 7) is 9.51. The van der Waals surface area contributed by atoms with Crippen LogP contribution in [-0.4, -0.2) is 96.5 Å². The molecule has 26 heavy (non-hydrogen) atoms. The lowest BCUT2D eigenvalue weighted by atomic mass is 9.87. The van der Waals surface area contributed by atoms with Gasteiger partial charge in [0.15, 0.2) is 5.96 Å². The van der Waals surface area contributed by atoms with E-state index < -0.39 is 0 Å². The Kier molecular flexibility index (Phi) is 7.09. The van der Waals surface area contributed by atoms with Crippen molar-refractivity contribution in [3.05, 3.63) is 0 Å². The molecule has 0 aromatic carbocycles. The van der Waals surface area contributed by atoms with Crippen LogP contribution in [-0.2, 0) is 4.79 Å². The van der Waals surface area contributed by atoms with Crippen molar-refractivity contribution in [1.29, 1.82) is 0 Å². The van der Waals surface area contributed by atoms with E-state index in [0.29, 0.717) is 4.75 Å². The monoisotopic (exact) mass is 381 g/mol. The molecular formula is C19H35N5OS. The molecule has 0 aromatic heterocycles. The van der Waals surface area contributed by atoms with Crippen molar-refractivity contribution in [2.75, 3.05) is 65.2 Å². The number of aliphatic imine (C=N–C) groups is 1. The number of hydrogen-bond acceptors (Lipinski definition) is 4. The van der Waals surface area contributed by atoms with E-state index in [1.807, 2.05) is 11.9 Å². The lowest BCUT2D eigenvalue weighted by Gasteiger charge is -2.45. The molecule has 3 rings (SSSR count). The lowest BCUT2D eigenvalue weighted by Crippen LogP contribution is -2.54. The summed E-state index contributed by atoms with van der Waals surface area (Å²) in [5.41, 5.74) is 0. The predicted molar refractivity (Wildman–Crippen MR) is 110 cm³/mol. The summed E-state index contributed by atoms with van der Waals surface area (Å²) >= 11 is 2.20. The minimum Gasteiger partial charge on any atom is -0.355 e. The molecule has 2 aliphatic heterocycles. The summed E-state index contributed by atoms with van der Waals surface area (Å²) in [4.78, 5) is 22.8. The van der Waals surface area contributed by atoms with Crippen LogP contribution in [0.4, 0.5) is 0 Å². The maximum Gasteiger partial charge on any atom is 0.219 e. The molecule has 6 nitrogen and oxygen atoms in total. The number of carbonyl (C=O) groups excluding carboxylic acids is 1. The standard InChI is InChI=1S/C19H35N5OS/c1-17(25)23-12-10-22(11-13-23)9-8-21-18(20-2)24-14-15-26-19(16-24)6-4-3-5-7-19/h3-16H2,1-2H3,(H,20,21). The summed E-state index contributed by atoms with van der Waals surface area (Å²) in [5.74, 6) is 2.48. The molecule has 0 aromatic rings. The molecule has 7 heteroatoms. The molecule has 3 aliphatic rings. The third-order valence-electron chi connectivity index (χ3n) is 6.05. The zero-order chi connectivity index (χ0) is 18.4. The van der Waals surface area contributed by atoms with Gasteiger partial charge in [-0.3, -0.25) is 14.7 Å². The van der Waals surface area contributed by atoms with Crippen LogP contribution in [0.5, 0.6) is 0 Å². The zero-order valence-electron chi connectivity index (χ0n) is 16.5. The van der Waals surface area contributed by atoms with Crippen LogP contribution in [0.1, 0.15) is 39.0 Å². The van der Waals surface area contributed by atoms with Crippen LogP contribution in [0.2, 0.25) is 0 Å². The second kappa shape index (κ2) is 9.31. The number of nitrogens with zero attached hydrogens (tertiary/aromatic N) is 4. The van der Waals surface area contributed by atoms with Gasteiger partial charge in [-0.1, -0.05) is 19.3 Å². The van der Waals surface area contributed by atoms with Crippen molar-refractivity contribution in [2.45, 2.75) is 43.8 Å². The van der Waals surface area contributed by atoms with Crippen molar-refractivity contribution >= 4 is 23.6 Å². The second-order valence-corrected chi connectivity index (χ2v) is 9.40. The van der Waals surface area contributed by atoms with E-state index in [-0.39, 0.29) is 5.91 Å². The SMILES string of the molecule is CN=C(NCCN1CCN(C(C)=O)CC1)N1CCSC2(CCCCC2)C1. The fourth-order valence-electron chi connectivity index (χ4n) is 4.47. The van der Waals surface area contributed by atoms with Crippen molar-refractivity contribution < 1.29 is 4.79 Å². The highest BCUT2D eigenvalue weighted by Crippen LogP contribution is 2.42. The van der Waals surface area contributed by atoms with E-state index in [4.69, 9.17) is 0 Å².